The predicted octanol–water partition coefficient (Wildman–Crippen LogP) is 1.35. The molecule has 1 aromatic carbocycles. The predicted molar refractivity (Wildman–Crippen MR) is 68.6 cm³/mol. The number of hydrogen-bond acceptors (Lipinski definition) is 2. The monoisotopic (exact) mass is 230 g/mol. The lowest BCUT2D eigenvalue weighted by molar-refractivity contribution is -0.116. The minimum Gasteiger partial charge on any atom is -0.351 e. The molecule has 1 aromatic rings. The molecule has 0 radical (unpaired) electrons. The summed E-state index contributed by atoms with van der Waals surface area (Å²) in [7, 11) is 0. The number of benzene rings is 1. The lowest BCUT2D eigenvalue weighted by Crippen LogP contribution is -2.37. The van der Waals surface area contributed by atoms with E-state index in [2.05, 4.69) is 41.1 Å². The normalized spacial score (nSPS) is 15.1. The Bertz CT molecular complexity index is 414. The molecule has 3 heteroatoms. The first-order valence-electron chi connectivity index (χ1n) is 5.99. The van der Waals surface area contributed by atoms with Gasteiger partial charge in [0.05, 0.1) is 0 Å². The van der Waals surface area contributed by atoms with E-state index in [1.54, 1.807) is 0 Å². The molecular formula is C14H18N2O. The molecule has 0 aliphatic carbocycles. The summed E-state index contributed by atoms with van der Waals surface area (Å²) < 4.78 is 0. The maximum Gasteiger partial charge on any atom is 0.243 e. The molecule has 1 aliphatic heterocycles. The third-order valence-electron chi connectivity index (χ3n) is 3.12. The molecule has 0 saturated carbocycles. The van der Waals surface area contributed by atoms with Crippen LogP contribution in [-0.2, 0) is 17.8 Å². The van der Waals surface area contributed by atoms with Crippen LogP contribution in [0, 0.1) is 0 Å². The molecular weight excluding hydrogens is 212 g/mol. The summed E-state index contributed by atoms with van der Waals surface area (Å²) in [4.78, 5) is 13.4. The van der Waals surface area contributed by atoms with Crippen molar-refractivity contribution in [2.75, 3.05) is 19.6 Å². The van der Waals surface area contributed by atoms with Crippen LogP contribution < -0.4 is 5.32 Å². The second-order valence-corrected chi connectivity index (χ2v) is 4.29. The molecule has 0 bridgehead atoms. The van der Waals surface area contributed by atoms with Crippen molar-refractivity contribution in [1.82, 2.24) is 10.2 Å². The van der Waals surface area contributed by atoms with Crippen molar-refractivity contribution < 1.29 is 4.79 Å². The zero-order valence-electron chi connectivity index (χ0n) is 9.98. The van der Waals surface area contributed by atoms with Crippen LogP contribution in [0.15, 0.2) is 36.9 Å². The number of carbonyl (C=O) groups is 1. The Morgan fingerprint density at radius 2 is 2.18 bits per heavy atom. The Hall–Kier alpha value is -1.61. The summed E-state index contributed by atoms with van der Waals surface area (Å²) >= 11 is 0. The molecule has 1 heterocycles. The Morgan fingerprint density at radius 3 is 2.94 bits per heavy atom. The van der Waals surface area contributed by atoms with Crippen LogP contribution >= 0.6 is 0 Å². The molecule has 2 rings (SSSR count). The Kier molecular flexibility index (Phi) is 3.94. The van der Waals surface area contributed by atoms with E-state index in [0.717, 1.165) is 26.1 Å². The zero-order chi connectivity index (χ0) is 12.1. The van der Waals surface area contributed by atoms with Crippen LogP contribution in [0.1, 0.15) is 11.1 Å². The molecule has 1 aliphatic rings. The fraction of sp³-hybridized carbons (Fsp3) is 0.357. The van der Waals surface area contributed by atoms with Gasteiger partial charge in [-0.1, -0.05) is 30.8 Å². The van der Waals surface area contributed by atoms with Crippen molar-refractivity contribution in [1.29, 1.82) is 0 Å². The second kappa shape index (κ2) is 5.64. The van der Waals surface area contributed by atoms with Crippen molar-refractivity contribution in [2.45, 2.75) is 13.0 Å². The van der Waals surface area contributed by atoms with Crippen LogP contribution in [0.2, 0.25) is 0 Å². The molecule has 1 amide bonds. The number of rotatable bonds is 4. The van der Waals surface area contributed by atoms with E-state index >= 15 is 0 Å². The third-order valence-corrected chi connectivity index (χ3v) is 3.12. The molecule has 0 saturated heterocycles. The van der Waals surface area contributed by atoms with Gasteiger partial charge in [0.15, 0.2) is 0 Å². The molecule has 1 N–H and O–H groups in total. The van der Waals surface area contributed by atoms with E-state index in [0.29, 0.717) is 6.54 Å². The molecule has 0 unspecified atom stereocenters. The fourth-order valence-corrected chi connectivity index (χ4v) is 2.15. The number of amides is 1. The number of fused-ring (bicyclic) bond motifs is 1. The molecule has 0 fully saturated rings. The molecule has 0 aromatic heterocycles. The first-order valence-corrected chi connectivity index (χ1v) is 5.99. The molecule has 90 valence electrons. The number of carbonyl (C=O) groups excluding carboxylic acids is 1. The second-order valence-electron chi connectivity index (χ2n) is 4.29. The van der Waals surface area contributed by atoms with Gasteiger partial charge < -0.3 is 5.32 Å². The van der Waals surface area contributed by atoms with Crippen molar-refractivity contribution in [3.05, 3.63) is 48.0 Å². The lowest BCUT2D eigenvalue weighted by Gasteiger charge is -2.28. The summed E-state index contributed by atoms with van der Waals surface area (Å²) in [5.74, 6) is -0.0950. The fourth-order valence-electron chi connectivity index (χ4n) is 2.15. The number of nitrogens with one attached hydrogen (secondary N) is 1. The SMILES string of the molecule is C=CC(=O)NCCN1CCc2ccccc2C1. The van der Waals surface area contributed by atoms with Gasteiger partial charge in [-0.3, -0.25) is 9.69 Å². The highest BCUT2D eigenvalue weighted by molar-refractivity contribution is 5.86. The van der Waals surface area contributed by atoms with Gasteiger partial charge in [0.25, 0.3) is 0 Å². The average Bonchev–Trinajstić information content (AvgIpc) is 2.38. The van der Waals surface area contributed by atoms with Gasteiger partial charge in [0, 0.05) is 26.2 Å². The van der Waals surface area contributed by atoms with E-state index in [1.807, 2.05) is 0 Å². The minimum absolute atomic E-state index is 0.0950. The van der Waals surface area contributed by atoms with Gasteiger partial charge in [-0.05, 0) is 23.6 Å². The highest BCUT2D eigenvalue weighted by Gasteiger charge is 2.14. The largest absolute Gasteiger partial charge is 0.351 e. The quantitative estimate of drug-likeness (QED) is 0.792. The average molecular weight is 230 g/mol. The van der Waals surface area contributed by atoms with E-state index < -0.39 is 0 Å². The van der Waals surface area contributed by atoms with Gasteiger partial charge in [0.1, 0.15) is 0 Å². The maximum atomic E-state index is 11.0. The van der Waals surface area contributed by atoms with E-state index in [1.165, 1.54) is 17.2 Å². The Labute approximate surface area is 102 Å². The summed E-state index contributed by atoms with van der Waals surface area (Å²) in [5, 5.41) is 2.80. The maximum absolute atomic E-state index is 11.0. The topological polar surface area (TPSA) is 32.3 Å². The number of nitrogens with zero attached hydrogens (tertiary/aromatic N) is 1. The Morgan fingerprint density at radius 1 is 1.41 bits per heavy atom. The minimum atomic E-state index is -0.0950. The third kappa shape index (κ3) is 3.17. The van der Waals surface area contributed by atoms with Crippen LogP contribution in [0.5, 0.6) is 0 Å². The standard InChI is InChI=1S/C14H18N2O/c1-2-14(17)15-8-10-16-9-7-12-5-3-4-6-13(12)11-16/h2-6H,1,7-11H2,(H,15,17). The van der Waals surface area contributed by atoms with E-state index in [9.17, 15) is 4.79 Å². The van der Waals surface area contributed by atoms with Crippen LogP contribution in [0.4, 0.5) is 0 Å². The van der Waals surface area contributed by atoms with Crippen LogP contribution in [0.3, 0.4) is 0 Å². The molecule has 3 nitrogen and oxygen atoms in total. The lowest BCUT2D eigenvalue weighted by atomic mass is 10.00. The van der Waals surface area contributed by atoms with Gasteiger partial charge in [0.2, 0.25) is 5.91 Å². The van der Waals surface area contributed by atoms with Gasteiger partial charge >= 0.3 is 0 Å². The summed E-state index contributed by atoms with van der Waals surface area (Å²) in [6.07, 6.45) is 2.41. The van der Waals surface area contributed by atoms with Gasteiger partial charge in [-0.25, -0.2) is 0 Å². The van der Waals surface area contributed by atoms with Crippen molar-refractivity contribution >= 4 is 5.91 Å². The van der Waals surface area contributed by atoms with E-state index in [-0.39, 0.29) is 5.91 Å². The highest BCUT2D eigenvalue weighted by Crippen LogP contribution is 2.17. The van der Waals surface area contributed by atoms with Crippen molar-refractivity contribution in [3.63, 3.8) is 0 Å². The van der Waals surface area contributed by atoms with Crippen molar-refractivity contribution in [2.24, 2.45) is 0 Å². The van der Waals surface area contributed by atoms with Gasteiger partial charge in [-0.15, -0.1) is 0 Å². The smallest absolute Gasteiger partial charge is 0.243 e. The summed E-state index contributed by atoms with van der Waals surface area (Å²) in [5.41, 5.74) is 2.87. The molecule has 0 atom stereocenters. The molecule has 17 heavy (non-hydrogen) atoms. The molecule has 0 spiro atoms. The number of hydrogen-bond donors (Lipinski definition) is 1. The van der Waals surface area contributed by atoms with Crippen LogP contribution in [-0.4, -0.2) is 30.4 Å². The van der Waals surface area contributed by atoms with Gasteiger partial charge in [-0.2, -0.15) is 0 Å². The Balaban J connectivity index is 1.82. The first kappa shape index (κ1) is 11.9. The zero-order valence-corrected chi connectivity index (χ0v) is 9.98. The van der Waals surface area contributed by atoms with E-state index in [4.69, 9.17) is 0 Å². The highest BCUT2D eigenvalue weighted by atomic mass is 16.1. The summed E-state index contributed by atoms with van der Waals surface area (Å²) in [6.45, 7) is 7.07. The summed E-state index contributed by atoms with van der Waals surface area (Å²) in [6, 6.07) is 8.57. The van der Waals surface area contributed by atoms with Crippen molar-refractivity contribution in [3.8, 4) is 0 Å². The first-order chi connectivity index (χ1) is 8.29. The van der Waals surface area contributed by atoms with Crippen LogP contribution in [0.25, 0.3) is 0 Å².